The van der Waals surface area contributed by atoms with Crippen molar-refractivity contribution >= 4 is 17.7 Å². The molecule has 1 N–H and O–H groups in total. The van der Waals surface area contributed by atoms with E-state index in [1.165, 1.54) is 4.90 Å². The largest absolute Gasteiger partial charge is 0.330 e. The number of thioether (sulfide) groups is 1. The van der Waals surface area contributed by atoms with Gasteiger partial charge >= 0.3 is 0 Å². The van der Waals surface area contributed by atoms with Gasteiger partial charge in [-0.2, -0.15) is 5.10 Å². The van der Waals surface area contributed by atoms with Gasteiger partial charge in [0.15, 0.2) is 5.69 Å². The van der Waals surface area contributed by atoms with Gasteiger partial charge in [0.1, 0.15) is 0 Å². The van der Waals surface area contributed by atoms with E-state index < -0.39 is 0 Å². The molecule has 23 heavy (non-hydrogen) atoms. The van der Waals surface area contributed by atoms with Crippen LogP contribution in [0.2, 0.25) is 0 Å². The molecule has 0 atom stereocenters. The average molecular weight is 331 g/mol. The Hall–Kier alpha value is -1.75. The van der Waals surface area contributed by atoms with Crippen molar-refractivity contribution in [2.75, 3.05) is 6.26 Å². The van der Waals surface area contributed by atoms with Crippen LogP contribution in [0.3, 0.4) is 0 Å². The molecule has 0 saturated heterocycles. The van der Waals surface area contributed by atoms with Crippen molar-refractivity contribution in [3.05, 3.63) is 46.8 Å². The molecule has 1 heterocycles. The number of hydrogen-bond acceptors (Lipinski definition) is 3. The van der Waals surface area contributed by atoms with Crippen molar-refractivity contribution in [2.24, 2.45) is 0 Å². The first kappa shape index (κ1) is 17.6. The van der Waals surface area contributed by atoms with Crippen LogP contribution in [0.1, 0.15) is 48.1 Å². The maximum Gasteiger partial charge on any atom is 0.275 e. The number of carbonyl (C=O) groups excluding carboxylic acids is 1. The molecule has 0 spiro atoms. The molecular formula is C18H25N3OS. The molecule has 1 amide bonds. The molecule has 4 nitrogen and oxygen atoms in total. The number of aryl methyl sites for hydroxylation is 1. The summed E-state index contributed by atoms with van der Waals surface area (Å²) in [4.78, 5) is 16.0. The molecule has 0 fully saturated rings. The molecule has 0 bridgehead atoms. The van der Waals surface area contributed by atoms with Gasteiger partial charge in [0.25, 0.3) is 5.91 Å². The summed E-state index contributed by atoms with van der Waals surface area (Å²) in [6.45, 7) is 8.70. The van der Waals surface area contributed by atoms with E-state index in [0.29, 0.717) is 12.2 Å². The van der Waals surface area contributed by atoms with Crippen LogP contribution in [0.25, 0.3) is 0 Å². The van der Waals surface area contributed by atoms with Gasteiger partial charge in [-0.1, -0.05) is 19.1 Å². The zero-order valence-electron chi connectivity index (χ0n) is 14.5. The third kappa shape index (κ3) is 3.96. The maximum atomic E-state index is 12.9. The Kier molecular flexibility index (Phi) is 5.88. The number of carbonyl (C=O) groups is 1. The summed E-state index contributed by atoms with van der Waals surface area (Å²) in [6, 6.07) is 8.45. The normalized spacial score (nSPS) is 11.0. The topological polar surface area (TPSA) is 49.0 Å². The van der Waals surface area contributed by atoms with Gasteiger partial charge in [0, 0.05) is 28.7 Å². The molecular weight excluding hydrogens is 306 g/mol. The Labute approximate surface area is 142 Å². The second-order valence-electron chi connectivity index (χ2n) is 5.91. The zero-order chi connectivity index (χ0) is 17.0. The number of nitrogens with one attached hydrogen (secondary N) is 1. The number of aromatic nitrogens is 2. The van der Waals surface area contributed by atoms with Crippen LogP contribution in [0.5, 0.6) is 0 Å². The summed E-state index contributed by atoms with van der Waals surface area (Å²) in [5.74, 6) is -0.0111. The highest BCUT2D eigenvalue weighted by molar-refractivity contribution is 7.98. The minimum absolute atomic E-state index is 0.0111. The molecule has 124 valence electrons. The van der Waals surface area contributed by atoms with Gasteiger partial charge < -0.3 is 4.90 Å². The monoisotopic (exact) mass is 331 g/mol. The van der Waals surface area contributed by atoms with E-state index in [1.54, 1.807) is 11.8 Å². The van der Waals surface area contributed by atoms with Crippen LogP contribution in [0.4, 0.5) is 0 Å². The van der Waals surface area contributed by atoms with Crippen LogP contribution in [-0.2, 0) is 13.0 Å². The zero-order valence-corrected chi connectivity index (χ0v) is 15.3. The molecule has 0 aliphatic carbocycles. The fraction of sp³-hybridized carbons (Fsp3) is 0.444. The first-order valence-corrected chi connectivity index (χ1v) is 9.18. The standard InChI is InChI=1S/C18H25N3OS/c1-6-16-13(4)17(20-19-16)18(22)21(12(2)3)11-14-8-7-9-15(10-14)23-5/h7-10,12H,6,11H2,1-5H3,(H,19,20). The summed E-state index contributed by atoms with van der Waals surface area (Å²) in [5.41, 5.74) is 3.67. The van der Waals surface area contributed by atoms with Gasteiger partial charge in [-0.15, -0.1) is 11.8 Å². The maximum absolute atomic E-state index is 12.9. The number of benzene rings is 1. The molecule has 0 aliphatic rings. The van der Waals surface area contributed by atoms with Gasteiger partial charge in [-0.25, -0.2) is 0 Å². The highest BCUT2D eigenvalue weighted by atomic mass is 32.2. The summed E-state index contributed by atoms with van der Waals surface area (Å²) in [7, 11) is 0. The lowest BCUT2D eigenvalue weighted by molar-refractivity contribution is 0.0683. The second-order valence-corrected chi connectivity index (χ2v) is 6.79. The van der Waals surface area contributed by atoms with Crippen LogP contribution >= 0.6 is 11.8 Å². The van der Waals surface area contributed by atoms with Crippen molar-refractivity contribution in [3.63, 3.8) is 0 Å². The molecule has 5 heteroatoms. The first-order valence-electron chi connectivity index (χ1n) is 7.95. The van der Waals surface area contributed by atoms with Crippen LogP contribution in [0.15, 0.2) is 29.2 Å². The van der Waals surface area contributed by atoms with Crippen molar-refractivity contribution in [1.29, 1.82) is 0 Å². The third-order valence-corrected chi connectivity index (χ3v) is 4.76. The lowest BCUT2D eigenvalue weighted by Crippen LogP contribution is -2.37. The van der Waals surface area contributed by atoms with E-state index >= 15 is 0 Å². The Morgan fingerprint density at radius 1 is 1.39 bits per heavy atom. The first-order chi connectivity index (χ1) is 11.0. The van der Waals surface area contributed by atoms with Crippen LogP contribution in [-0.4, -0.2) is 33.3 Å². The van der Waals surface area contributed by atoms with E-state index in [2.05, 4.69) is 41.6 Å². The fourth-order valence-corrected chi connectivity index (χ4v) is 3.06. The van der Waals surface area contributed by atoms with E-state index in [0.717, 1.165) is 23.2 Å². The van der Waals surface area contributed by atoms with Crippen molar-refractivity contribution < 1.29 is 4.79 Å². The van der Waals surface area contributed by atoms with Gasteiger partial charge in [-0.05, 0) is 51.1 Å². The Morgan fingerprint density at radius 2 is 2.13 bits per heavy atom. The Bertz CT molecular complexity index is 679. The van der Waals surface area contributed by atoms with Gasteiger partial charge in [0.05, 0.1) is 0 Å². The summed E-state index contributed by atoms with van der Waals surface area (Å²) < 4.78 is 0. The predicted octanol–water partition coefficient (Wildman–Crippen LogP) is 4.05. The van der Waals surface area contributed by atoms with E-state index in [-0.39, 0.29) is 11.9 Å². The second kappa shape index (κ2) is 7.68. The Morgan fingerprint density at radius 3 is 2.70 bits per heavy atom. The van der Waals surface area contributed by atoms with Crippen molar-refractivity contribution in [2.45, 2.75) is 51.6 Å². The molecule has 0 radical (unpaired) electrons. The van der Waals surface area contributed by atoms with Crippen molar-refractivity contribution in [1.82, 2.24) is 15.1 Å². The fourth-order valence-electron chi connectivity index (χ4n) is 2.58. The average Bonchev–Trinajstić information content (AvgIpc) is 2.92. The van der Waals surface area contributed by atoms with E-state index in [1.807, 2.05) is 31.7 Å². The Balaban J connectivity index is 2.26. The molecule has 1 aromatic heterocycles. The van der Waals surface area contributed by atoms with Crippen molar-refractivity contribution in [3.8, 4) is 0 Å². The molecule has 2 aromatic rings. The quantitative estimate of drug-likeness (QED) is 0.812. The number of amides is 1. The lowest BCUT2D eigenvalue weighted by atomic mass is 10.1. The predicted molar refractivity (Wildman–Crippen MR) is 95.9 cm³/mol. The summed E-state index contributed by atoms with van der Waals surface area (Å²) >= 11 is 1.71. The SMILES string of the molecule is CCc1[nH]nc(C(=O)N(Cc2cccc(SC)c2)C(C)C)c1C. The molecule has 0 saturated carbocycles. The van der Waals surface area contributed by atoms with E-state index in [4.69, 9.17) is 0 Å². The number of nitrogens with zero attached hydrogens (tertiary/aromatic N) is 2. The molecule has 2 rings (SSSR count). The molecule has 0 unspecified atom stereocenters. The number of rotatable bonds is 6. The lowest BCUT2D eigenvalue weighted by Gasteiger charge is -2.26. The number of hydrogen-bond donors (Lipinski definition) is 1. The summed E-state index contributed by atoms with van der Waals surface area (Å²) in [5, 5.41) is 7.22. The van der Waals surface area contributed by atoms with Gasteiger partial charge in [0.2, 0.25) is 0 Å². The number of aromatic amines is 1. The third-order valence-electron chi connectivity index (χ3n) is 4.04. The highest BCUT2D eigenvalue weighted by Crippen LogP contribution is 2.20. The minimum atomic E-state index is -0.0111. The van der Waals surface area contributed by atoms with Gasteiger partial charge in [-0.3, -0.25) is 9.89 Å². The highest BCUT2D eigenvalue weighted by Gasteiger charge is 2.24. The van der Waals surface area contributed by atoms with Crippen LogP contribution < -0.4 is 0 Å². The minimum Gasteiger partial charge on any atom is -0.330 e. The molecule has 0 aliphatic heterocycles. The summed E-state index contributed by atoms with van der Waals surface area (Å²) in [6.07, 6.45) is 2.91. The number of H-pyrrole nitrogens is 1. The molecule has 1 aromatic carbocycles. The van der Waals surface area contributed by atoms with E-state index in [9.17, 15) is 4.79 Å². The van der Waals surface area contributed by atoms with Crippen LogP contribution in [0, 0.1) is 6.92 Å². The smallest absolute Gasteiger partial charge is 0.275 e.